The zero-order chi connectivity index (χ0) is 39.3. The lowest BCUT2D eigenvalue weighted by Crippen LogP contribution is -2.36. The lowest BCUT2D eigenvalue weighted by Gasteiger charge is -2.28. The standard InChI is InChI=1S/C38H34F6N4O7/c1-3-7-19(48(52)55-35-32(43)30(41)29(40)31(42)33(35)44)8-5-6-11-53-38(51)46-24-10-9-17-12-18(39)13-25-27(17)28(24)22-15-47-26(34(22)45-25)14-21-20(4-2)37(50)54-16-23(21)36(47)49/h6,11-14,19-20,24,52H,3-5,7-10,15-16H2,1-2H3,(H,46,51)/b11-6+. The van der Waals surface area contributed by atoms with Gasteiger partial charge in [0.25, 0.3) is 5.56 Å². The zero-order valence-electron chi connectivity index (χ0n) is 29.5. The summed E-state index contributed by atoms with van der Waals surface area (Å²) < 4.78 is 95.8. The van der Waals surface area contributed by atoms with E-state index in [0.717, 1.165) is 6.26 Å². The quantitative estimate of drug-likeness (QED) is 0.0347. The minimum absolute atomic E-state index is 0.0287. The van der Waals surface area contributed by atoms with Crippen molar-refractivity contribution >= 4 is 23.0 Å². The second-order valence-corrected chi connectivity index (χ2v) is 13.6. The number of cyclic esters (lactones) is 1. The number of rotatable bonds is 11. The molecule has 7 rings (SSSR count). The lowest BCUT2D eigenvalue weighted by molar-refractivity contribution is -0.311. The van der Waals surface area contributed by atoms with Crippen molar-refractivity contribution < 1.29 is 55.5 Å². The van der Waals surface area contributed by atoms with Crippen molar-refractivity contribution in [2.24, 2.45) is 0 Å². The second kappa shape index (κ2) is 15.0. The number of hydrogen-bond acceptors (Lipinski definition) is 9. The van der Waals surface area contributed by atoms with Crippen LogP contribution in [0.2, 0.25) is 0 Å². The smallest absolute Gasteiger partial charge is 0.412 e. The molecule has 4 heterocycles. The maximum absolute atomic E-state index is 14.8. The molecule has 2 aromatic heterocycles. The van der Waals surface area contributed by atoms with E-state index in [9.17, 15) is 45.9 Å². The molecular weight excluding hydrogens is 738 g/mol. The van der Waals surface area contributed by atoms with Crippen molar-refractivity contribution in [3.05, 3.63) is 104 Å². The van der Waals surface area contributed by atoms with Gasteiger partial charge in [0, 0.05) is 17.0 Å². The third-order valence-electron chi connectivity index (χ3n) is 10.3. The number of allylic oxidation sites excluding steroid dienone is 1. The minimum atomic E-state index is -2.37. The first-order valence-electron chi connectivity index (χ1n) is 17.7. The molecule has 2 aliphatic heterocycles. The lowest BCUT2D eigenvalue weighted by atomic mass is 9.83. The number of halogens is 6. The number of hydroxylamine groups is 2. The Hall–Kier alpha value is -5.42. The Kier molecular flexibility index (Phi) is 10.3. The van der Waals surface area contributed by atoms with Gasteiger partial charge in [-0.1, -0.05) is 20.3 Å². The molecule has 3 aliphatic rings. The second-order valence-electron chi connectivity index (χ2n) is 13.6. The van der Waals surface area contributed by atoms with E-state index in [1.165, 1.54) is 18.2 Å². The number of carbonyl (C=O) groups excluding carboxylic acids is 2. The number of aryl methyl sites for hydroxylation is 1. The number of benzene rings is 2. The molecule has 3 atom stereocenters. The van der Waals surface area contributed by atoms with Crippen molar-refractivity contribution in [2.75, 3.05) is 0 Å². The molecule has 55 heavy (non-hydrogen) atoms. The zero-order valence-corrected chi connectivity index (χ0v) is 29.5. The highest BCUT2D eigenvalue weighted by Gasteiger charge is 2.37. The molecule has 17 heteroatoms. The van der Waals surface area contributed by atoms with Crippen LogP contribution >= 0.6 is 0 Å². The molecule has 0 saturated carbocycles. The van der Waals surface area contributed by atoms with Crippen molar-refractivity contribution in [1.29, 1.82) is 0 Å². The number of amides is 1. The fourth-order valence-electron chi connectivity index (χ4n) is 7.66. The van der Waals surface area contributed by atoms with Crippen LogP contribution < -0.4 is 15.7 Å². The van der Waals surface area contributed by atoms with E-state index in [1.54, 1.807) is 17.6 Å². The average Bonchev–Trinajstić information content (AvgIpc) is 3.53. The molecule has 1 amide bonds. The normalized spacial score (nSPS) is 17.6. The van der Waals surface area contributed by atoms with Crippen LogP contribution in [0.1, 0.15) is 92.1 Å². The molecule has 0 radical (unpaired) electrons. The average molecular weight is 773 g/mol. The summed E-state index contributed by atoms with van der Waals surface area (Å²) in [6.07, 6.45) is 3.72. The first-order valence-corrected chi connectivity index (χ1v) is 17.7. The number of fused-ring (bicyclic) bond motifs is 5. The van der Waals surface area contributed by atoms with Gasteiger partial charge in [-0.05, 0) is 78.7 Å². The van der Waals surface area contributed by atoms with Crippen molar-refractivity contribution in [1.82, 2.24) is 20.1 Å². The van der Waals surface area contributed by atoms with E-state index in [4.69, 9.17) is 14.5 Å². The van der Waals surface area contributed by atoms with Crippen LogP contribution in [0.4, 0.5) is 31.1 Å². The third-order valence-corrected chi connectivity index (χ3v) is 10.3. The summed E-state index contributed by atoms with van der Waals surface area (Å²) in [6.45, 7) is 3.53. The fraction of sp³-hybridized carbons (Fsp3) is 0.368. The molecule has 2 aromatic carbocycles. The van der Waals surface area contributed by atoms with E-state index >= 15 is 0 Å². The van der Waals surface area contributed by atoms with Crippen LogP contribution in [0.3, 0.4) is 0 Å². The molecule has 0 bridgehead atoms. The number of pyridine rings is 2. The summed E-state index contributed by atoms with van der Waals surface area (Å²) in [5, 5.41) is 13.9. The molecule has 1 aliphatic carbocycles. The number of ether oxygens (including phenoxy) is 2. The highest BCUT2D eigenvalue weighted by Crippen LogP contribution is 2.44. The number of aromatic nitrogens is 2. The minimum Gasteiger partial charge on any atom is -0.460 e. The monoisotopic (exact) mass is 772 g/mol. The van der Waals surface area contributed by atoms with Gasteiger partial charge in [-0.25, -0.2) is 27.3 Å². The molecule has 290 valence electrons. The molecule has 3 unspecified atom stereocenters. The van der Waals surface area contributed by atoms with Crippen molar-refractivity contribution in [3.8, 4) is 17.1 Å². The Balaban J connectivity index is 1.07. The van der Waals surface area contributed by atoms with E-state index in [-0.39, 0.29) is 43.2 Å². The molecular formula is C38H34F6N4O7. The Morgan fingerprint density at radius 3 is 2.49 bits per heavy atom. The summed E-state index contributed by atoms with van der Waals surface area (Å²) in [4.78, 5) is 48.9. The predicted molar refractivity (Wildman–Crippen MR) is 182 cm³/mol. The van der Waals surface area contributed by atoms with E-state index in [2.05, 4.69) is 10.2 Å². The van der Waals surface area contributed by atoms with Gasteiger partial charge < -0.3 is 24.2 Å². The van der Waals surface area contributed by atoms with Gasteiger partial charge >= 0.3 is 12.1 Å². The Morgan fingerprint density at radius 2 is 1.78 bits per heavy atom. The molecule has 0 fully saturated rings. The van der Waals surface area contributed by atoms with Crippen LogP contribution in [0, 0.1) is 34.9 Å². The summed E-state index contributed by atoms with van der Waals surface area (Å²) in [7, 11) is 0. The Bertz CT molecular complexity index is 2300. The number of nitrogens with zero attached hydrogens (tertiary/aromatic N) is 3. The Morgan fingerprint density at radius 1 is 1.05 bits per heavy atom. The maximum Gasteiger partial charge on any atom is 0.412 e. The number of esters is 1. The van der Waals surface area contributed by atoms with Crippen LogP contribution in [0.25, 0.3) is 22.3 Å². The molecule has 11 nitrogen and oxygen atoms in total. The summed E-state index contributed by atoms with van der Waals surface area (Å²) >= 11 is 0. The van der Waals surface area contributed by atoms with E-state index in [1.807, 2.05) is 6.92 Å². The third kappa shape index (κ3) is 6.68. The van der Waals surface area contributed by atoms with Gasteiger partial charge in [0.2, 0.25) is 34.8 Å². The predicted octanol–water partition coefficient (Wildman–Crippen LogP) is 7.67. The topological polar surface area (TPSA) is 132 Å². The van der Waals surface area contributed by atoms with Crippen molar-refractivity contribution in [2.45, 2.75) is 89.9 Å². The molecule has 4 aromatic rings. The van der Waals surface area contributed by atoms with Crippen LogP contribution in [-0.4, -0.2) is 38.1 Å². The number of hydrogen-bond donors (Lipinski definition) is 2. The van der Waals surface area contributed by atoms with Gasteiger partial charge in [-0.15, -0.1) is 0 Å². The highest BCUT2D eigenvalue weighted by atomic mass is 19.2. The van der Waals surface area contributed by atoms with Crippen LogP contribution in [-0.2, 0) is 33.8 Å². The largest absolute Gasteiger partial charge is 0.460 e. The van der Waals surface area contributed by atoms with Crippen molar-refractivity contribution in [3.63, 3.8) is 0 Å². The summed E-state index contributed by atoms with van der Waals surface area (Å²) in [5.41, 5.74) is 3.94. The number of nitrogens with one attached hydrogen (secondary N) is 1. The molecule has 2 N–H and O–H groups in total. The van der Waals surface area contributed by atoms with Gasteiger partial charge in [0.1, 0.15) is 12.4 Å². The van der Waals surface area contributed by atoms with Gasteiger partial charge in [-0.3, -0.25) is 14.8 Å². The molecule has 0 saturated heterocycles. The SMILES string of the molecule is CCCC(CC/C=C/OC(=O)NC1CCc2cc(F)cc3nc4c(c1c23)Cn1c-4cc2c(c1=O)COC(=O)C2CC)N(O)Oc1c(F)c(F)c(F)c(F)c1F. The maximum atomic E-state index is 14.8. The first kappa shape index (κ1) is 37.9. The molecule has 0 spiro atoms. The van der Waals surface area contributed by atoms with Crippen LogP contribution in [0.15, 0.2) is 35.3 Å². The van der Waals surface area contributed by atoms with Gasteiger partial charge in [-0.2, -0.15) is 8.78 Å². The first-order chi connectivity index (χ1) is 26.3. The summed E-state index contributed by atoms with van der Waals surface area (Å²) in [6, 6.07) is 2.92. The Labute approximate surface area is 309 Å². The van der Waals surface area contributed by atoms with Crippen LogP contribution in [0.5, 0.6) is 5.75 Å². The van der Waals surface area contributed by atoms with Gasteiger partial charge in [0.05, 0.1) is 53.3 Å². The number of alkyl carbamates (subject to hydrolysis) is 1. The fourth-order valence-corrected chi connectivity index (χ4v) is 7.66. The summed E-state index contributed by atoms with van der Waals surface area (Å²) in [5.74, 6) is -14.5. The van der Waals surface area contributed by atoms with E-state index < -0.39 is 70.7 Å². The van der Waals surface area contributed by atoms with Gasteiger partial charge in [0.15, 0.2) is 0 Å². The number of carbonyl (C=O) groups is 2. The highest BCUT2D eigenvalue weighted by molar-refractivity contribution is 5.92. The van der Waals surface area contributed by atoms with E-state index in [0.29, 0.717) is 75.8 Å².